The Bertz CT molecular complexity index is 683. The Balaban J connectivity index is 2.14. The molecule has 0 heterocycles. The average Bonchev–Trinajstić information content (AvgIpc) is 2.47. The molecule has 2 rings (SSSR count). The number of hydrogen-bond donors (Lipinski definition) is 3. The summed E-state index contributed by atoms with van der Waals surface area (Å²) in [4.78, 5) is 22.2. The van der Waals surface area contributed by atoms with Crippen LogP contribution in [0.15, 0.2) is 42.5 Å². The molecule has 0 saturated heterocycles. The van der Waals surface area contributed by atoms with Gasteiger partial charge < -0.3 is 10.7 Å². The molecule has 21 heavy (non-hydrogen) atoms. The van der Waals surface area contributed by atoms with Gasteiger partial charge in [-0.2, -0.15) is 0 Å². The van der Waals surface area contributed by atoms with E-state index in [9.17, 15) is 14.9 Å². The summed E-state index contributed by atoms with van der Waals surface area (Å²) in [6, 6.07) is 10.7. The van der Waals surface area contributed by atoms with E-state index in [4.69, 9.17) is 5.84 Å². The number of anilines is 2. The molecule has 4 N–H and O–H groups in total. The molecule has 7 heteroatoms. The van der Waals surface area contributed by atoms with Crippen molar-refractivity contribution < 1.29 is 9.72 Å². The molecule has 0 aliphatic heterocycles. The Morgan fingerprint density at radius 3 is 2.38 bits per heavy atom. The van der Waals surface area contributed by atoms with Gasteiger partial charge in [0.15, 0.2) is 0 Å². The Morgan fingerprint density at radius 2 is 1.86 bits per heavy atom. The fraction of sp³-hybridized carbons (Fsp3) is 0.0714. The van der Waals surface area contributed by atoms with E-state index in [0.29, 0.717) is 11.3 Å². The van der Waals surface area contributed by atoms with E-state index in [-0.39, 0.29) is 11.6 Å². The van der Waals surface area contributed by atoms with Gasteiger partial charge in [0.1, 0.15) is 0 Å². The summed E-state index contributed by atoms with van der Waals surface area (Å²) in [6.07, 6.45) is 0. The smallest absolute Gasteiger partial charge is 0.269 e. The highest BCUT2D eigenvalue weighted by molar-refractivity contribution is 6.04. The molecule has 0 radical (unpaired) electrons. The van der Waals surface area contributed by atoms with Crippen molar-refractivity contribution in [3.8, 4) is 0 Å². The van der Waals surface area contributed by atoms with Crippen molar-refractivity contribution >= 4 is 23.0 Å². The van der Waals surface area contributed by atoms with Crippen molar-refractivity contribution in [3.05, 3.63) is 63.7 Å². The van der Waals surface area contributed by atoms with Gasteiger partial charge in [-0.05, 0) is 42.8 Å². The number of nitro groups is 1. The van der Waals surface area contributed by atoms with Gasteiger partial charge in [0, 0.05) is 23.4 Å². The summed E-state index contributed by atoms with van der Waals surface area (Å²) in [5, 5.41) is 13.2. The Kier molecular flexibility index (Phi) is 4.15. The van der Waals surface area contributed by atoms with Crippen molar-refractivity contribution in [3.63, 3.8) is 0 Å². The minimum atomic E-state index is -0.493. The van der Waals surface area contributed by atoms with Crippen LogP contribution >= 0.6 is 0 Å². The van der Waals surface area contributed by atoms with Gasteiger partial charge in [-0.3, -0.25) is 20.8 Å². The number of carbonyl (C=O) groups excluding carboxylic acids is 1. The molecule has 1 amide bonds. The second kappa shape index (κ2) is 6.02. The van der Waals surface area contributed by atoms with E-state index in [1.54, 1.807) is 18.2 Å². The molecule has 0 aromatic heterocycles. The normalized spacial score (nSPS) is 10.0. The molecule has 2 aromatic rings. The number of rotatable bonds is 4. The summed E-state index contributed by atoms with van der Waals surface area (Å²) in [6.45, 7) is 1.83. The highest BCUT2D eigenvalue weighted by Crippen LogP contribution is 2.18. The number of carbonyl (C=O) groups is 1. The molecule has 0 spiro atoms. The maximum Gasteiger partial charge on any atom is 0.269 e. The third-order valence-electron chi connectivity index (χ3n) is 2.98. The Hall–Kier alpha value is -2.93. The number of nitro benzene ring substituents is 1. The average molecular weight is 286 g/mol. The standard InChI is InChI=1S/C14H14N4O3/c1-9-8-10(2-7-13(9)17-15)14(19)16-11-3-5-12(6-4-11)18(20)21/h2-8,17H,15H2,1H3,(H,16,19). The van der Waals surface area contributed by atoms with Gasteiger partial charge in [0.05, 0.1) is 10.6 Å². The Labute approximate surface area is 120 Å². The molecule has 7 nitrogen and oxygen atoms in total. The second-order valence-corrected chi connectivity index (χ2v) is 4.43. The predicted octanol–water partition coefficient (Wildman–Crippen LogP) is 2.44. The fourth-order valence-electron chi connectivity index (χ4n) is 1.84. The minimum absolute atomic E-state index is 0.0257. The van der Waals surface area contributed by atoms with E-state index >= 15 is 0 Å². The van der Waals surface area contributed by atoms with Crippen LogP contribution in [0, 0.1) is 17.0 Å². The molecule has 0 unspecified atom stereocenters. The molecule has 0 aliphatic rings. The first-order valence-electron chi connectivity index (χ1n) is 6.14. The SMILES string of the molecule is Cc1cc(C(=O)Nc2ccc([N+](=O)[O-])cc2)ccc1NN. The van der Waals surface area contributed by atoms with Gasteiger partial charge in [-0.25, -0.2) is 0 Å². The number of nitrogens with two attached hydrogens (primary N) is 1. The van der Waals surface area contributed by atoms with E-state index in [1.807, 2.05) is 6.92 Å². The van der Waals surface area contributed by atoms with Crippen molar-refractivity contribution in [1.82, 2.24) is 0 Å². The summed E-state index contributed by atoms with van der Waals surface area (Å²) in [5.74, 6) is 5.04. The molecular formula is C14H14N4O3. The second-order valence-electron chi connectivity index (χ2n) is 4.43. The number of nitrogen functional groups attached to an aromatic ring is 1. The quantitative estimate of drug-likeness (QED) is 0.454. The number of nitrogens with one attached hydrogen (secondary N) is 2. The van der Waals surface area contributed by atoms with Crippen molar-refractivity contribution in [2.45, 2.75) is 6.92 Å². The molecule has 0 fully saturated rings. The zero-order valence-corrected chi connectivity index (χ0v) is 11.3. The van der Waals surface area contributed by atoms with Gasteiger partial charge >= 0.3 is 0 Å². The van der Waals surface area contributed by atoms with Crippen molar-refractivity contribution in [2.75, 3.05) is 10.7 Å². The lowest BCUT2D eigenvalue weighted by Gasteiger charge is -2.08. The first kappa shape index (κ1) is 14.5. The molecule has 0 bridgehead atoms. The van der Waals surface area contributed by atoms with Crippen LogP contribution in [-0.2, 0) is 0 Å². The first-order chi connectivity index (χ1) is 10.0. The lowest BCUT2D eigenvalue weighted by Crippen LogP contribution is -2.13. The highest BCUT2D eigenvalue weighted by atomic mass is 16.6. The van der Waals surface area contributed by atoms with Crippen LogP contribution < -0.4 is 16.6 Å². The maximum absolute atomic E-state index is 12.1. The topological polar surface area (TPSA) is 110 Å². The lowest BCUT2D eigenvalue weighted by atomic mass is 10.1. The number of aryl methyl sites for hydroxylation is 1. The van der Waals surface area contributed by atoms with Gasteiger partial charge in [-0.15, -0.1) is 0 Å². The lowest BCUT2D eigenvalue weighted by molar-refractivity contribution is -0.384. The molecule has 0 saturated carbocycles. The third kappa shape index (κ3) is 3.34. The number of hydrazine groups is 1. The molecule has 2 aromatic carbocycles. The van der Waals surface area contributed by atoms with Gasteiger partial charge in [0.25, 0.3) is 11.6 Å². The van der Waals surface area contributed by atoms with E-state index in [1.165, 1.54) is 24.3 Å². The van der Waals surface area contributed by atoms with Crippen LogP contribution in [0.3, 0.4) is 0 Å². The number of nitrogens with zero attached hydrogens (tertiary/aromatic N) is 1. The number of non-ortho nitro benzene ring substituents is 1. The Morgan fingerprint density at radius 1 is 1.19 bits per heavy atom. The van der Waals surface area contributed by atoms with E-state index < -0.39 is 4.92 Å². The predicted molar refractivity (Wildman–Crippen MR) is 80.0 cm³/mol. The maximum atomic E-state index is 12.1. The van der Waals surface area contributed by atoms with Crippen molar-refractivity contribution in [1.29, 1.82) is 0 Å². The van der Waals surface area contributed by atoms with Crippen LogP contribution in [0.2, 0.25) is 0 Å². The minimum Gasteiger partial charge on any atom is -0.324 e. The van der Waals surface area contributed by atoms with Gasteiger partial charge in [0.2, 0.25) is 0 Å². The third-order valence-corrected chi connectivity index (χ3v) is 2.98. The molecule has 0 atom stereocenters. The zero-order chi connectivity index (χ0) is 15.4. The fourth-order valence-corrected chi connectivity index (χ4v) is 1.84. The first-order valence-corrected chi connectivity index (χ1v) is 6.14. The summed E-state index contributed by atoms with van der Waals surface area (Å²) < 4.78 is 0. The largest absolute Gasteiger partial charge is 0.324 e. The molecular weight excluding hydrogens is 272 g/mol. The van der Waals surface area contributed by atoms with E-state index in [2.05, 4.69) is 10.7 Å². The van der Waals surface area contributed by atoms with Gasteiger partial charge in [-0.1, -0.05) is 0 Å². The van der Waals surface area contributed by atoms with Crippen LogP contribution in [0.25, 0.3) is 0 Å². The summed E-state index contributed by atoms with van der Waals surface area (Å²) >= 11 is 0. The molecule has 0 aliphatic carbocycles. The van der Waals surface area contributed by atoms with E-state index in [0.717, 1.165) is 11.3 Å². The van der Waals surface area contributed by atoms with Crippen LogP contribution in [-0.4, -0.2) is 10.8 Å². The van der Waals surface area contributed by atoms with Crippen LogP contribution in [0.1, 0.15) is 15.9 Å². The molecule has 108 valence electrons. The zero-order valence-electron chi connectivity index (χ0n) is 11.3. The number of amides is 1. The van der Waals surface area contributed by atoms with Crippen molar-refractivity contribution in [2.24, 2.45) is 5.84 Å². The number of benzene rings is 2. The monoisotopic (exact) mass is 286 g/mol. The summed E-state index contributed by atoms with van der Waals surface area (Å²) in [7, 11) is 0. The summed E-state index contributed by atoms with van der Waals surface area (Å²) in [5.41, 5.74) is 5.05. The van der Waals surface area contributed by atoms with Crippen LogP contribution in [0.4, 0.5) is 17.1 Å². The highest BCUT2D eigenvalue weighted by Gasteiger charge is 2.09. The van der Waals surface area contributed by atoms with Crippen LogP contribution in [0.5, 0.6) is 0 Å². The number of hydrogen-bond acceptors (Lipinski definition) is 5.